The van der Waals surface area contributed by atoms with Crippen LogP contribution in [0.4, 0.5) is 0 Å². The summed E-state index contributed by atoms with van der Waals surface area (Å²) in [6.45, 7) is 8.12. The molecule has 2 N–H and O–H groups in total. The fraction of sp³-hybridized carbons (Fsp3) is 0.600. The maximum atomic E-state index is 6.01. The molecule has 1 rings (SSSR count). The van der Waals surface area contributed by atoms with Crippen molar-refractivity contribution in [1.82, 2.24) is 4.90 Å². The minimum Gasteiger partial charge on any atom is -0.496 e. The van der Waals surface area contributed by atoms with Crippen LogP contribution >= 0.6 is 0 Å². The third-order valence-electron chi connectivity index (χ3n) is 2.92. The highest BCUT2D eigenvalue weighted by Crippen LogP contribution is 2.18. The zero-order valence-electron chi connectivity index (χ0n) is 12.3. The first-order valence-electron chi connectivity index (χ1n) is 6.43. The van der Waals surface area contributed by atoms with Gasteiger partial charge in [0.25, 0.3) is 0 Å². The van der Waals surface area contributed by atoms with Crippen LogP contribution in [0.5, 0.6) is 5.75 Å². The number of aryl methyl sites for hydroxylation is 1. The molecule has 1 aromatic carbocycles. The summed E-state index contributed by atoms with van der Waals surface area (Å²) in [6.07, 6.45) is 1.04. The molecule has 0 saturated carbocycles. The van der Waals surface area contributed by atoms with Crippen molar-refractivity contribution in [2.45, 2.75) is 32.7 Å². The third kappa shape index (κ3) is 5.07. The van der Waals surface area contributed by atoms with Crippen molar-refractivity contribution in [3.8, 4) is 5.75 Å². The van der Waals surface area contributed by atoms with Crippen LogP contribution in [0.3, 0.4) is 0 Å². The van der Waals surface area contributed by atoms with Gasteiger partial charge < -0.3 is 15.4 Å². The predicted molar refractivity (Wildman–Crippen MR) is 77.2 cm³/mol. The number of ether oxygens (including phenoxy) is 1. The Morgan fingerprint density at radius 3 is 2.50 bits per heavy atom. The summed E-state index contributed by atoms with van der Waals surface area (Å²) >= 11 is 0. The fourth-order valence-electron chi connectivity index (χ4n) is 2.19. The Kier molecular flexibility index (Phi) is 5.17. The van der Waals surface area contributed by atoms with Crippen LogP contribution in [0.15, 0.2) is 18.2 Å². The van der Waals surface area contributed by atoms with Gasteiger partial charge in [-0.15, -0.1) is 0 Å². The van der Waals surface area contributed by atoms with Gasteiger partial charge >= 0.3 is 0 Å². The molecule has 0 saturated heterocycles. The summed E-state index contributed by atoms with van der Waals surface area (Å²) in [6, 6.07) is 6.37. The van der Waals surface area contributed by atoms with E-state index in [2.05, 4.69) is 44.9 Å². The number of likely N-dealkylation sites (N-methyl/N-ethyl adjacent to an activating group) is 1. The van der Waals surface area contributed by atoms with Crippen LogP contribution in [-0.2, 0) is 6.42 Å². The third-order valence-corrected chi connectivity index (χ3v) is 2.92. The molecule has 0 radical (unpaired) electrons. The normalized spacial score (nSPS) is 11.9. The lowest BCUT2D eigenvalue weighted by Gasteiger charge is -2.26. The molecule has 0 heterocycles. The van der Waals surface area contributed by atoms with Gasteiger partial charge in [0.1, 0.15) is 5.75 Å². The van der Waals surface area contributed by atoms with E-state index in [9.17, 15) is 0 Å². The molecular weight excluding hydrogens is 224 g/mol. The van der Waals surface area contributed by atoms with E-state index in [1.165, 1.54) is 11.1 Å². The molecule has 3 nitrogen and oxygen atoms in total. The highest BCUT2D eigenvalue weighted by Gasteiger charge is 2.13. The molecule has 0 amide bonds. The van der Waals surface area contributed by atoms with Crippen LogP contribution < -0.4 is 10.5 Å². The van der Waals surface area contributed by atoms with Gasteiger partial charge in [0.15, 0.2) is 0 Å². The molecule has 18 heavy (non-hydrogen) atoms. The van der Waals surface area contributed by atoms with Gasteiger partial charge in [0.05, 0.1) is 7.11 Å². The van der Waals surface area contributed by atoms with Gasteiger partial charge in [-0.25, -0.2) is 0 Å². The number of nitrogens with zero attached hydrogens (tertiary/aromatic N) is 1. The van der Waals surface area contributed by atoms with Gasteiger partial charge in [0.2, 0.25) is 0 Å². The van der Waals surface area contributed by atoms with Gasteiger partial charge in [0, 0.05) is 18.6 Å². The molecule has 0 aliphatic heterocycles. The molecular formula is C15H26N2O. The summed E-state index contributed by atoms with van der Waals surface area (Å²) in [5.41, 5.74) is 8.41. The average molecular weight is 250 g/mol. The zero-order chi connectivity index (χ0) is 13.8. The van der Waals surface area contributed by atoms with E-state index in [-0.39, 0.29) is 5.54 Å². The van der Waals surface area contributed by atoms with Crippen molar-refractivity contribution in [3.05, 3.63) is 29.3 Å². The minimum absolute atomic E-state index is 0.134. The van der Waals surface area contributed by atoms with Crippen molar-refractivity contribution < 1.29 is 4.74 Å². The smallest absolute Gasteiger partial charge is 0.121 e. The Hall–Kier alpha value is -1.06. The summed E-state index contributed by atoms with van der Waals surface area (Å²) in [5, 5.41) is 0. The highest BCUT2D eigenvalue weighted by molar-refractivity contribution is 5.36. The van der Waals surface area contributed by atoms with Crippen molar-refractivity contribution in [3.63, 3.8) is 0 Å². The summed E-state index contributed by atoms with van der Waals surface area (Å²) in [4.78, 5) is 2.28. The first kappa shape index (κ1) is 15.0. The lowest BCUT2D eigenvalue weighted by Crippen LogP contribution is -2.44. The Morgan fingerprint density at radius 2 is 2.00 bits per heavy atom. The minimum atomic E-state index is -0.134. The van der Waals surface area contributed by atoms with E-state index in [0.717, 1.165) is 25.3 Å². The number of hydrogen-bond acceptors (Lipinski definition) is 3. The molecule has 0 aliphatic rings. The van der Waals surface area contributed by atoms with Crippen LogP contribution in [-0.4, -0.2) is 37.7 Å². The number of nitrogens with two attached hydrogens (primary N) is 1. The second kappa shape index (κ2) is 6.21. The maximum absolute atomic E-state index is 6.01. The average Bonchev–Trinajstić information content (AvgIpc) is 2.24. The number of rotatable bonds is 6. The number of methoxy groups -OCH3 is 1. The lowest BCUT2D eigenvalue weighted by molar-refractivity contribution is 0.273. The van der Waals surface area contributed by atoms with E-state index < -0.39 is 0 Å². The molecule has 0 bridgehead atoms. The van der Waals surface area contributed by atoms with Crippen LogP contribution in [0.2, 0.25) is 0 Å². The van der Waals surface area contributed by atoms with E-state index >= 15 is 0 Å². The number of hydrogen-bond donors (Lipinski definition) is 1. The lowest BCUT2D eigenvalue weighted by atomic mass is 10.1. The topological polar surface area (TPSA) is 38.5 Å². The summed E-state index contributed by atoms with van der Waals surface area (Å²) in [5.74, 6) is 0.954. The number of benzene rings is 1. The van der Waals surface area contributed by atoms with Crippen molar-refractivity contribution >= 4 is 0 Å². The quantitative estimate of drug-likeness (QED) is 0.841. The Bertz CT molecular complexity index is 383. The molecule has 0 atom stereocenters. The van der Waals surface area contributed by atoms with Gasteiger partial charge in [-0.2, -0.15) is 0 Å². The maximum Gasteiger partial charge on any atom is 0.121 e. The molecule has 1 aromatic rings. The zero-order valence-corrected chi connectivity index (χ0v) is 12.3. The Morgan fingerprint density at radius 1 is 1.33 bits per heavy atom. The molecule has 0 unspecified atom stereocenters. The molecule has 0 spiro atoms. The molecule has 0 aromatic heterocycles. The summed E-state index contributed by atoms with van der Waals surface area (Å²) in [7, 11) is 3.82. The van der Waals surface area contributed by atoms with Crippen LogP contribution in [0.1, 0.15) is 25.0 Å². The van der Waals surface area contributed by atoms with Gasteiger partial charge in [-0.05, 0) is 51.4 Å². The van der Waals surface area contributed by atoms with Crippen molar-refractivity contribution in [1.29, 1.82) is 0 Å². The van der Waals surface area contributed by atoms with E-state index in [1.54, 1.807) is 7.11 Å². The fourth-order valence-corrected chi connectivity index (χ4v) is 2.19. The molecule has 0 aliphatic carbocycles. The second-order valence-electron chi connectivity index (χ2n) is 5.78. The largest absolute Gasteiger partial charge is 0.496 e. The highest BCUT2D eigenvalue weighted by atomic mass is 16.5. The summed E-state index contributed by atoms with van der Waals surface area (Å²) < 4.78 is 5.26. The molecule has 3 heteroatoms. The Balaban J connectivity index is 2.51. The molecule has 0 fully saturated rings. The molecule has 102 valence electrons. The van der Waals surface area contributed by atoms with E-state index in [0.29, 0.717) is 0 Å². The van der Waals surface area contributed by atoms with E-state index in [1.807, 2.05) is 6.07 Å². The van der Waals surface area contributed by atoms with Gasteiger partial charge in [-0.1, -0.05) is 12.1 Å². The first-order valence-corrected chi connectivity index (χ1v) is 6.43. The Labute approximate surface area is 111 Å². The van der Waals surface area contributed by atoms with Gasteiger partial charge in [-0.3, -0.25) is 0 Å². The van der Waals surface area contributed by atoms with Crippen molar-refractivity contribution in [2.24, 2.45) is 5.73 Å². The first-order chi connectivity index (χ1) is 8.31. The predicted octanol–water partition coefficient (Wildman–Crippen LogP) is 2.22. The van der Waals surface area contributed by atoms with Crippen molar-refractivity contribution in [2.75, 3.05) is 27.2 Å². The van der Waals surface area contributed by atoms with E-state index in [4.69, 9.17) is 10.5 Å². The standard InChI is InChI=1S/C15H26N2O/c1-12-10-13(6-7-14(12)18-5)8-9-17(4)11-15(2,3)16/h6-7,10H,8-9,11,16H2,1-5H3. The van der Waals surface area contributed by atoms with Crippen LogP contribution in [0.25, 0.3) is 0 Å². The SMILES string of the molecule is COc1ccc(CCN(C)CC(C)(C)N)cc1C. The monoisotopic (exact) mass is 250 g/mol. The second-order valence-corrected chi connectivity index (χ2v) is 5.78. The van der Waals surface area contributed by atoms with Crippen LogP contribution in [0, 0.1) is 6.92 Å².